The van der Waals surface area contributed by atoms with E-state index in [-0.39, 0.29) is 17.7 Å². The summed E-state index contributed by atoms with van der Waals surface area (Å²) in [5.41, 5.74) is 3.07. The van der Waals surface area contributed by atoms with Crippen molar-refractivity contribution in [3.63, 3.8) is 0 Å². The van der Waals surface area contributed by atoms with Crippen molar-refractivity contribution in [3.05, 3.63) is 72.3 Å². The van der Waals surface area contributed by atoms with Crippen molar-refractivity contribution in [1.82, 2.24) is 10.2 Å². The van der Waals surface area contributed by atoms with Gasteiger partial charge in [0.05, 0.1) is 5.41 Å². The minimum atomic E-state index is -0.464. The molecule has 1 aliphatic carbocycles. The summed E-state index contributed by atoms with van der Waals surface area (Å²) in [6, 6.07) is 18.9. The highest BCUT2D eigenvalue weighted by molar-refractivity contribution is 5.84. The molecule has 1 saturated heterocycles. The lowest BCUT2D eigenvalue weighted by atomic mass is 9.72. The minimum absolute atomic E-state index is 0.111. The first-order chi connectivity index (χ1) is 15.6. The van der Waals surface area contributed by atoms with E-state index in [1.54, 1.807) is 0 Å². The van der Waals surface area contributed by atoms with E-state index in [2.05, 4.69) is 53.9 Å². The zero-order valence-electron chi connectivity index (χ0n) is 19.1. The normalized spacial score (nSPS) is 20.0. The molecule has 0 saturated carbocycles. The van der Waals surface area contributed by atoms with Crippen LogP contribution in [0.2, 0.25) is 0 Å². The van der Waals surface area contributed by atoms with Gasteiger partial charge >= 0.3 is 0 Å². The number of amides is 2. The molecule has 0 spiro atoms. The Kier molecular flexibility index (Phi) is 7.09. The first-order valence-corrected chi connectivity index (χ1v) is 12.0. The summed E-state index contributed by atoms with van der Waals surface area (Å²) >= 11 is 0. The summed E-state index contributed by atoms with van der Waals surface area (Å²) in [5.74, 6) is 0.502. The summed E-state index contributed by atoms with van der Waals surface area (Å²) in [5, 5.41) is 3.08. The van der Waals surface area contributed by atoms with E-state index < -0.39 is 5.41 Å². The van der Waals surface area contributed by atoms with Crippen LogP contribution in [0, 0.1) is 11.3 Å². The van der Waals surface area contributed by atoms with Crippen LogP contribution in [-0.2, 0) is 16.0 Å². The van der Waals surface area contributed by atoms with E-state index in [9.17, 15) is 9.59 Å². The number of likely N-dealkylation sites (tertiary alicyclic amines) is 1. The van der Waals surface area contributed by atoms with Gasteiger partial charge in [-0.3, -0.25) is 9.59 Å². The lowest BCUT2D eigenvalue weighted by Gasteiger charge is -2.42. The van der Waals surface area contributed by atoms with Crippen LogP contribution < -0.4 is 5.32 Å². The second-order valence-corrected chi connectivity index (χ2v) is 9.19. The molecule has 2 amide bonds. The van der Waals surface area contributed by atoms with Gasteiger partial charge in [0.25, 0.3) is 0 Å². The molecule has 1 aliphatic heterocycles. The van der Waals surface area contributed by atoms with Gasteiger partial charge in [0, 0.05) is 25.6 Å². The van der Waals surface area contributed by atoms with Crippen molar-refractivity contribution in [3.8, 4) is 11.1 Å². The highest BCUT2D eigenvalue weighted by atomic mass is 16.2. The maximum atomic E-state index is 13.2. The molecule has 2 aliphatic rings. The van der Waals surface area contributed by atoms with Gasteiger partial charge in [-0.05, 0) is 62.1 Å². The second kappa shape index (κ2) is 10.2. The predicted octanol–water partition coefficient (Wildman–Crippen LogP) is 5.00. The van der Waals surface area contributed by atoms with Gasteiger partial charge in [-0.25, -0.2) is 0 Å². The molecular formula is C28H34N2O2. The van der Waals surface area contributed by atoms with Gasteiger partial charge in [-0.15, -0.1) is 0 Å². The molecule has 1 fully saturated rings. The van der Waals surface area contributed by atoms with E-state index in [0.29, 0.717) is 38.9 Å². The van der Waals surface area contributed by atoms with Gasteiger partial charge < -0.3 is 10.2 Å². The standard InChI is InChI=1S/C28H34N2O2/c1-2-29-27(32)28(16-18-30(19-17-28)26(31)24-13-7-4-8-14-24)21-22-10-9-15-25(20-22)23-11-5-3-6-12-23/h3-7,9-12,15,20,24H,2,8,13-14,16-19,21H2,1H3,(H,29,32)/t24-/m1/s1. The van der Waals surface area contributed by atoms with E-state index in [1.165, 1.54) is 16.7 Å². The lowest BCUT2D eigenvalue weighted by molar-refractivity contribution is -0.143. The van der Waals surface area contributed by atoms with Gasteiger partial charge in [0.15, 0.2) is 0 Å². The third kappa shape index (κ3) is 4.95. The van der Waals surface area contributed by atoms with Crippen LogP contribution >= 0.6 is 0 Å². The van der Waals surface area contributed by atoms with Crippen LogP contribution in [0.15, 0.2) is 66.7 Å². The lowest BCUT2D eigenvalue weighted by Crippen LogP contribution is -2.52. The Labute approximate surface area is 191 Å². The van der Waals surface area contributed by atoms with Gasteiger partial charge in [-0.1, -0.05) is 66.7 Å². The molecule has 0 bridgehead atoms. The summed E-state index contributed by atoms with van der Waals surface area (Å²) in [4.78, 5) is 28.2. The molecule has 32 heavy (non-hydrogen) atoms. The summed E-state index contributed by atoms with van der Waals surface area (Å²) in [7, 11) is 0. The SMILES string of the molecule is CCNC(=O)C1(Cc2cccc(-c3ccccc3)c2)CCN(C(=O)[C@@H]2CC=CCC2)CC1. The molecule has 1 atom stereocenters. The third-order valence-electron chi connectivity index (χ3n) is 7.05. The van der Waals surface area contributed by atoms with Crippen LogP contribution in [0.3, 0.4) is 0 Å². The number of carbonyl (C=O) groups is 2. The van der Waals surface area contributed by atoms with E-state index >= 15 is 0 Å². The number of hydrogen-bond acceptors (Lipinski definition) is 2. The number of allylic oxidation sites excluding steroid dienone is 2. The largest absolute Gasteiger partial charge is 0.356 e. The smallest absolute Gasteiger partial charge is 0.226 e. The first-order valence-electron chi connectivity index (χ1n) is 12.0. The highest BCUT2D eigenvalue weighted by Crippen LogP contribution is 2.37. The number of nitrogens with one attached hydrogen (secondary N) is 1. The number of nitrogens with zero attached hydrogens (tertiary/aromatic N) is 1. The number of benzene rings is 2. The average molecular weight is 431 g/mol. The Hall–Kier alpha value is -2.88. The molecule has 0 radical (unpaired) electrons. The van der Waals surface area contributed by atoms with Crippen LogP contribution in [0.5, 0.6) is 0 Å². The Morgan fingerprint density at radius 2 is 1.75 bits per heavy atom. The average Bonchev–Trinajstić information content (AvgIpc) is 2.85. The molecule has 2 aromatic rings. The molecule has 1 N–H and O–H groups in total. The molecule has 0 unspecified atom stereocenters. The fraction of sp³-hybridized carbons (Fsp3) is 0.429. The Morgan fingerprint density at radius 1 is 1.00 bits per heavy atom. The van der Waals surface area contributed by atoms with Crippen LogP contribution in [-0.4, -0.2) is 36.3 Å². The summed E-state index contributed by atoms with van der Waals surface area (Å²) in [6.45, 7) is 3.92. The Bertz CT molecular complexity index is 958. The first kappa shape index (κ1) is 22.3. The quantitative estimate of drug-likeness (QED) is 0.656. The van der Waals surface area contributed by atoms with Crippen molar-refractivity contribution in [2.24, 2.45) is 11.3 Å². The summed E-state index contributed by atoms with van der Waals surface area (Å²) < 4.78 is 0. The van der Waals surface area contributed by atoms with Crippen LogP contribution in [0.4, 0.5) is 0 Å². The Morgan fingerprint density at radius 3 is 2.44 bits per heavy atom. The minimum Gasteiger partial charge on any atom is -0.356 e. The van der Waals surface area contributed by atoms with E-state index in [1.807, 2.05) is 30.0 Å². The van der Waals surface area contributed by atoms with Gasteiger partial charge in [-0.2, -0.15) is 0 Å². The van der Waals surface area contributed by atoms with Crippen molar-refractivity contribution in [2.45, 2.75) is 45.4 Å². The molecule has 1 heterocycles. The number of piperidine rings is 1. The van der Waals surface area contributed by atoms with Gasteiger partial charge in [0.2, 0.25) is 11.8 Å². The Balaban J connectivity index is 1.50. The van der Waals surface area contributed by atoms with Crippen molar-refractivity contribution in [2.75, 3.05) is 19.6 Å². The van der Waals surface area contributed by atoms with Crippen molar-refractivity contribution < 1.29 is 9.59 Å². The van der Waals surface area contributed by atoms with Crippen LogP contribution in [0.25, 0.3) is 11.1 Å². The fourth-order valence-corrected chi connectivity index (χ4v) is 5.15. The topological polar surface area (TPSA) is 49.4 Å². The van der Waals surface area contributed by atoms with Gasteiger partial charge in [0.1, 0.15) is 0 Å². The molecule has 168 valence electrons. The zero-order valence-corrected chi connectivity index (χ0v) is 19.1. The second-order valence-electron chi connectivity index (χ2n) is 9.19. The van der Waals surface area contributed by atoms with Crippen molar-refractivity contribution >= 4 is 11.8 Å². The van der Waals surface area contributed by atoms with E-state index in [4.69, 9.17) is 0 Å². The number of hydrogen-bond donors (Lipinski definition) is 1. The molecule has 4 heteroatoms. The molecular weight excluding hydrogens is 396 g/mol. The fourth-order valence-electron chi connectivity index (χ4n) is 5.15. The third-order valence-corrected chi connectivity index (χ3v) is 7.05. The molecule has 0 aromatic heterocycles. The number of rotatable bonds is 6. The maximum absolute atomic E-state index is 13.2. The molecule has 4 nitrogen and oxygen atoms in total. The number of carbonyl (C=O) groups excluding carboxylic acids is 2. The van der Waals surface area contributed by atoms with Crippen LogP contribution in [0.1, 0.15) is 44.6 Å². The highest BCUT2D eigenvalue weighted by Gasteiger charge is 2.42. The molecule has 4 rings (SSSR count). The van der Waals surface area contributed by atoms with E-state index in [0.717, 1.165) is 19.3 Å². The maximum Gasteiger partial charge on any atom is 0.226 e. The summed E-state index contributed by atoms with van der Waals surface area (Å²) in [6.07, 6.45) is 9.21. The monoisotopic (exact) mass is 430 g/mol. The molecule has 2 aromatic carbocycles. The predicted molar refractivity (Wildman–Crippen MR) is 129 cm³/mol. The van der Waals surface area contributed by atoms with Crippen molar-refractivity contribution in [1.29, 1.82) is 0 Å². The zero-order chi connectivity index (χ0) is 22.4.